The highest BCUT2D eigenvalue weighted by molar-refractivity contribution is 8.18. The molecule has 0 aliphatic carbocycles. The molecule has 1 fully saturated rings. The van der Waals surface area contributed by atoms with Gasteiger partial charge in [0, 0.05) is 10.0 Å². The molecule has 1 saturated heterocycles. The van der Waals surface area contributed by atoms with Crippen LogP contribution < -0.4 is 5.32 Å². The van der Waals surface area contributed by atoms with Crippen LogP contribution in [0.1, 0.15) is 11.1 Å². The minimum Gasteiger partial charge on any atom is -0.300 e. The molecule has 1 aliphatic heterocycles. The Hall–Kier alpha value is -1.75. The van der Waals surface area contributed by atoms with Gasteiger partial charge in [-0.05, 0) is 60.2 Å². The molecule has 0 bridgehead atoms. The number of hydrogen-bond donors (Lipinski definition) is 1. The van der Waals surface area contributed by atoms with Crippen LogP contribution in [-0.4, -0.2) is 11.1 Å². The van der Waals surface area contributed by atoms with Gasteiger partial charge in [-0.2, -0.15) is 0 Å². The SMILES string of the molecule is Cc1c(Cl)cccc1N=C1NC(=O)/C(=C\c2cccc(Cl)c2)S1. The number of thioether (sulfide) groups is 1. The first-order valence-corrected chi connectivity index (χ1v) is 8.40. The van der Waals surface area contributed by atoms with Gasteiger partial charge in [-0.3, -0.25) is 4.79 Å². The third kappa shape index (κ3) is 3.78. The van der Waals surface area contributed by atoms with E-state index in [1.807, 2.05) is 37.3 Å². The summed E-state index contributed by atoms with van der Waals surface area (Å²) in [6.07, 6.45) is 1.79. The third-order valence-corrected chi connectivity index (χ3v) is 4.81. The number of nitrogens with zero attached hydrogens (tertiary/aromatic N) is 1. The molecule has 2 aromatic rings. The molecule has 3 rings (SSSR count). The smallest absolute Gasteiger partial charge is 0.264 e. The molecule has 0 saturated carbocycles. The summed E-state index contributed by atoms with van der Waals surface area (Å²) in [6.45, 7) is 1.89. The quantitative estimate of drug-likeness (QED) is 0.746. The highest BCUT2D eigenvalue weighted by atomic mass is 35.5. The first-order valence-electron chi connectivity index (χ1n) is 6.83. The second-order valence-electron chi connectivity index (χ2n) is 4.92. The minimum atomic E-state index is -0.173. The Morgan fingerprint density at radius 3 is 2.74 bits per heavy atom. The number of amidine groups is 1. The summed E-state index contributed by atoms with van der Waals surface area (Å²) in [5.41, 5.74) is 2.49. The number of carbonyl (C=O) groups excluding carboxylic acids is 1. The molecule has 6 heteroatoms. The van der Waals surface area contributed by atoms with Crippen molar-refractivity contribution in [3.05, 3.63) is 68.5 Å². The number of amides is 1. The largest absolute Gasteiger partial charge is 0.300 e. The predicted molar refractivity (Wildman–Crippen MR) is 98.4 cm³/mol. The molecule has 0 radical (unpaired) electrons. The maximum atomic E-state index is 12.1. The van der Waals surface area contributed by atoms with E-state index in [1.54, 1.807) is 18.2 Å². The van der Waals surface area contributed by atoms with Crippen LogP contribution >= 0.6 is 35.0 Å². The Bertz CT molecular complexity index is 846. The molecular weight excluding hydrogens is 351 g/mol. The number of nitrogens with one attached hydrogen (secondary N) is 1. The average Bonchev–Trinajstić information content (AvgIpc) is 2.84. The van der Waals surface area contributed by atoms with E-state index in [0.29, 0.717) is 20.1 Å². The van der Waals surface area contributed by atoms with Gasteiger partial charge in [0.15, 0.2) is 5.17 Å². The molecule has 2 aromatic carbocycles. The molecule has 1 amide bonds. The Balaban J connectivity index is 1.88. The van der Waals surface area contributed by atoms with Crippen LogP contribution in [0.3, 0.4) is 0 Å². The molecule has 1 heterocycles. The second kappa shape index (κ2) is 6.79. The third-order valence-electron chi connectivity index (χ3n) is 3.26. The fourth-order valence-corrected chi connectivity index (χ4v) is 3.26. The maximum Gasteiger partial charge on any atom is 0.264 e. The van der Waals surface area contributed by atoms with Crippen LogP contribution in [-0.2, 0) is 4.79 Å². The summed E-state index contributed by atoms with van der Waals surface area (Å²) in [7, 11) is 0. The highest BCUT2D eigenvalue weighted by Gasteiger charge is 2.24. The molecule has 116 valence electrons. The molecule has 23 heavy (non-hydrogen) atoms. The van der Waals surface area contributed by atoms with E-state index in [4.69, 9.17) is 23.2 Å². The lowest BCUT2D eigenvalue weighted by Gasteiger charge is -2.02. The summed E-state index contributed by atoms with van der Waals surface area (Å²) in [5.74, 6) is -0.173. The van der Waals surface area contributed by atoms with Gasteiger partial charge in [-0.1, -0.05) is 41.4 Å². The second-order valence-corrected chi connectivity index (χ2v) is 6.79. The van der Waals surface area contributed by atoms with Crippen LogP contribution in [0.25, 0.3) is 6.08 Å². The topological polar surface area (TPSA) is 41.5 Å². The summed E-state index contributed by atoms with van der Waals surface area (Å²) in [4.78, 5) is 17.1. The Morgan fingerprint density at radius 1 is 1.17 bits per heavy atom. The fraction of sp³-hybridized carbons (Fsp3) is 0.0588. The molecule has 0 spiro atoms. The zero-order chi connectivity index (χ0) is 16.4. The van der Waals surface area contributed by atoms with Gasteiger partial charge in [0.25, 0.3) is 5.91 Å². The highest BCUT2D eigenvalue weighted by Crippen LogP contribution is 2.31. The van der Waals surface area contributed by atoms with Gasteiger partial charge >= 0.3 is 0 Å². The zero-order valence-electron chi connectivity index (χ0n) is 12.1. The van der Waals surface area contributed by atoms with Crippen molar-refractivity contribution in [2.45, 2.75) is 6.92 Å². The Labute approximate surface area is 148 Å². The van der Waals surface area contributed by atoms with E-state index in [-0.39, 0.29) is 5.91 Å². The van der Waals surface area contributed by atoms with Crippen LogP contribution in [0.15, 0.2) is 52.4 Å². The van der Waals surface area contributed by atoms with Gasteiger partial charge in [0.1, 0.15) is 0 Å². The number of carbonyl (C=O) groups is 1. The van der Waals surface area contributed by atoms with E-state index >= 15 is 0 Å². The molecule has 1 N–H and O–H groups in total. The van der Waals surface area contributed by atoms with Crippen LogP contribution in [0.4, 0.5) is 5.69 Å². The monoisotopic (exact) mass is 362 g/mol. The predicted octanol–water partition coefficient (Wildman–Crippen LogP) is 5.19. The van der Waals surface area contributed by atoms with Crippen LogP contribution in [0, 0.1) is 6.92 Å². The van der Waals surface area contributed by atoms with E-state index in [9.17, 15) is 4.79 Å². The molecule has 0 atom stereocenters. The number of aliphatic imine (C=N–C) groups is 1. The lowest BCUT2D eigenvalue weighted by atomic mass is 10.2. The van der Waals surface area contributed by atoms with Crippen molar-refractivity contribution >= 4 is 57.8 Å². The standard InChI is InChI=1S/C17H12Cl2N2OS/c1-10-13(19)6-3-7-14(10)20-17-21-16(22)15(23-17)9-11-4-2-5-12(18)8-11/h2-9H,1H3,(H,20,21,22)/b15-9+. The van der Waals surface area contributed by atoms with Gasteiger partial charge in [0.2, 0.25) is 0 Å². The van der Waals surface area contributed by atoms with Crippen molar-refractivity contribution in [3.63, 3.8) is 0 Å². The molecular formula is C17H12Cl2N2OS. The Morgan fingerprint density at radius 2 is 1.96 bits per heavy atom. The van der Waals surface area contributed by atoms with Crippen molar-refractivity contribution in [1.82, 2.24) is 5.32 Å². The fourth-order valence-electron chi connectivity index (χ4n) is 2.05. The molecule has 0 aromatic heterocycles. The van der Waals surface area contributed by atoms with Crippen molar-refractivity contribution in [2.24, 2.45) is 4.99 Å². The van der Waals surface area contributed by atoms with Gasteiger partial charge in [0.05, 0.1) is 10.6 Å². The van der Waals surface area contributed by atoms with Crippen molar-refractivity contribution < 1.29 is 4.79 Å². The molecule has 0 unspecified atom stereocenters. The summed E-state index contributed by atoms with van der Waals surface area (Å²) < 4.78 is 0. The number of halogens is 2. The van der Waals surface area contributed by atoms with Crippen molar-refractivity contribution in [1.29, 1.82) is 0 Å². The minimum absolute atomic E-state index is 0.173. The first-order chi connectivity index (χ1) is 11.0. The van der Waals surface area contributed by atoms with Crippen LogP contribution in [0.2, 0.25) is 10.0 Å². The van der Waals surface area contributed by atoms with E-state index in [0.717, 1.165) is 16.8 Å². The van der Waals surface area contributed by atoms with Crippen molar-refractivity contribution in [2.75, 3.05) is 0 Å². The summed E-state index contributed by atoms with van der Waals surface area (Å²) >= 11 is 13.3. The lowest BCUT2D eigenvalue weighted by Crippen LogP contribution is -2.19. The Kier molecular flexibility index (Phi) is 4.76. The normalized spacial score (nSPS) is 17.8. The first kappa shape index (κ1) is 16.1. The van der Waals surface area contributed by atoms with Crippen molar-refractivity contribution in [3.8, 4) is 0 Å². The van der Waals surface area contributed by atoms with Gasteiger partial charge in [-0.25, -0.2) is 4.99 Å². The van der Waals surface area contributed by atoms with E-state index < -0.39 is 0 Å². The lowest BCUT2D eigenvalue weighted by molar-refractivity contribution is -0.115. The van der Waals surface area contributed by atoms with Gasteiger partial charge < -0.3 is 5.32 Å². The molecule has 3 nitrogen and oxygen atoms in total. The van der Waals surface area contributed by atoms with E-state index in [1.165, 1.54) is 11.8 Å². The van der Waals surface area contributed by atoms with Crippen LogP contribution in [0.5, 0.6) is 0 Å². The summed E-state index contributed by atoms with van der Waals surface area (Å²) in [6, 6.07) is 12.8. The summed E-state index contributed by atoms with van der Waals surface area (Å²) in [5, 5.41) is 4.58. The molecule has 1 aliphatic rings. The number of rotatable bonds is 2. The zero-order valence-corrected chi connectivity index (χ0v) is 14.5. The number of benzene rings is 2. The van der Waals surface area contributed by atoms with E-state index in [2.05, 4.69) is 10.3 Å². The average molecular weight is 363 g/mol. The van der Waals surface area contributed by atoms with Gasteiger partial charge in [-0.15, -0.1) is 0 Å². The number of hydrogen-bond acceptors (Lipinski definition) is 3. The maximum absolute atomic E-state index is 12.1.